The molecule has 2 saturated carbocycles. The van der Waals surface area contributed by atoms with Gasteiger partial charge in [-0.15, -0.1) is 0 Å². The topological polar surface area (TPSA) is 104 Å². The lowest BCUT2D eigenvalue weighted by molar-refractivity contribution is -0.221. The molecule has 2 aliphatic rings. The number of carboxylic acid groups (broad SMARTS) is 2. The Hall–Kier alpha value is -1.14. The molecule has 0 aromatic rings. The van der Waals surface area contributed by atoms with E-state index in [0.717, 1.165) is 51.4 Å². The number of hydrogen-bond donors (Lipinski definition) is 3. The fraction of sp³-hybridized carbons (Fsp3) is 0.875. The van der Waals surface area contributed by atoms with Gasteiger partial charge in [0.1, 0.15) is 0 Å². The van der Waals surface area contributed by atoms with Crippen molar-refractivity contribution in [2.24, 2.45) is 5.92 Å². The second-order valence-corrected chi connectivity index (χ2v) is 6.55. The summed E-state index contributed by atoms with van der Waals surface area (Å²) in [5, 5.41) is 29.2. The number of carboxylic acids is 2. The van der Waals surface area contributed by atoms with Crippen molar-refractivity contribution in [1.82, 2.24) is 0 Å². The van der Waals surface area contributed by atoms with E-state index < -0.39 is 29.6 Å². The third kappa shape index (κ3) is 3.43. The molecular weight excluding hydrogens is 288 g/mol. The minimum atomic E-state index is -2.03. The molecule has 6 heteroatoms. The standard InChI is InChI=1S/C16H26O6/c17-13(14(18)19)16(15(20)21,11-7-3-1-4-8-11)22-12-9-5-2-6-10-12/h11-13,17H,1-10H2,(H,18,19)(H,20,21). The summed E-state index contributed by atoms with van der Waals surface area (Å²) < 4.78 is 5.87. The van der Waals surface area contributed by atoms with Gasteiger partial charge in [-0.2, -0.15) is 0 Å². The van der Waals surface area contributed by atoms with Gasteiger partial charge < -0.3 is 20.1 Å². The first-order valence-corrected chi connectivity index (χ1v) is 8.30. The molecule has 0 aliphatic heterocycles. The van der Waals surface area contributed by atoms with Gasteiger partial charge in [-0.1, -0.05) is 38.5 Å². The summed E-state index contributed by atoms with van der Waals surface area (Å²) in [6, 6.07) is 0. The van der Waals surface area contributed by atoms with Gasteiger partial charge in [0, 0.05) is 5.92 Å². The number of aliphatic hydroxyl groups excluding tert-OH is 1. The van der Waals surface area contributed by atoms with E-state index >= 15 is 0 Å². The number of hydrogen-bond acceptors (Lipinski definition) is 4. The first-order valence-electron chi connectivity index (χ1n) is 8.30. The van der Waals surface area contributed by atoms with E-state index in [2.05, 4.69) is 0 Å². The van der Waals surface area contributed by atoms with Crippen LogP contribution in [0.2, 0.25) is 0 Å². The van der Waals surface area contributed by atoms with Crippen molar-refractivity contribution in [3.05, 3.63) is 0 Å². The van der Waals surface area contributed by atoms with Crippen molar-refractivity contribution in [3.8, 4) is 0 Å². The van der Waals surface area contributed by atoms with E-state index in [9.17, 15) is 24.9 Å². The molecule has 0 saturated heterocycles. The molecule has 0 aromatic carbocycles. The van der Waals surface area contributed by atoms with Gasteiger partial charge in [-0.05, 0) is 25.7 Å². The van der Waals surface area contributed by atoms with Crippen LogP contribution in [-0.2, 0) is 14.3 Å². The van der Waals surface area contributed by atoms with E-state index in [0.29, 0.717) is 12.8 Å². The van der Waals surface area contributed by atoms with E-state index in [4.69, 9.17) is 4.74 Å². The predicted octanol–water partition coefficient (Wildman–Crippen LogP) is 2.18. The first kappa shape index (κ1) is 17.2. The van der Waals surface area contributed by atoms with Gasteiger partial charge in [-0.3, -0.25) is 0 Å². The molecule has 0 radical (unpaired) electrons. The summed E-state index contributed by atoms with van der Waals surface area (Å²) >= 11 is 0. The highest BCUT2D eigenvalue weighted by Crippen LogP contribution is 2.40. The number of aliphatic hydroxyl groups is 1. The highest BCUT2D eigenvalue weighted by atomic mass is 16.6. The molecular formula is C16H26O6. The largest absolute Gasteiger partial charge is 0.479 e. The first-order chi connectivity index (χ1) is 10.5. The lowest BCUT2D eigenvalue weighted by Crippen LogP contribution is -2.61. The molecule has 0 aromatic heterocycles. The predicted molar refractivity (Wildman–Crippen MR) is 78.5 cm³/mol. The Labute approximate surface area is 130 Å². The molecule has 2 aliphatic carbocycles. The van der Waals surface area contributed by atoms with Crippen molar-refractivity contribution in [3.63, 3.8) is 0 Å². The fourth-order valence-electron chi connectivity index (χ4n) is 3.90. The van der Waals surface area contributed by atoms with Gasteiger partial charge in [0.2, 0.25) is 5.60 Å². The molecule has 0 spiro atoms. The van der Waals surface area contributed by atoms with Crippen LogP contribution in [0.4, 0.5) is 0 Å². The smallest absolute Gasteiger partial charge is 0.339 e. The van der Waals surface area contributed by atoms with Crippen LogP contribution in [0.5, 0.6) is 0 Å². The van der Waals surface area contributed by atoms with Crippen molar-refractivity contribution >= 4 is 11.9 Å². The third-order valence-electron chi connectivity index (χ3n) is 5.10. The lowest BCUT2D eigenvalue weighted by atomic mass is 9.73. The average molecular weight is 314 g/mol. The van der Waals surface area contributed by atoms with Crippen LogP contribution in [0.25, 0.3) is 0 Å². The Morgan fingerprint density at radius 3 is 1.86 bits per heavy atom. The summed E-state index contributed by atoms with van der Waals surface area (Å²) in [6.07, 6.45) is 6.02. The number of aliphatic carboxylic acids is 2. The van der Waals surface area contributed by atoms with E-state index in [1.54, 1.807) is 0 Å². The second kappa shape index (κ2) is 7.42. The summed E-state index contributed by atoms with van der Waals surface area (Å²) in [5.74, 6) is -3.32. The van der Waals surface area contributed by atoms with Crippen LogP contribution < -0.4 is 0 Å². The maximum absolute atomic E-state index is 12.0. The Kier molecular flexibility index (Phi) is 5.81. The molecule has 0 heterocycles. The minimum Gasteiger partial charge on any atom is -0.479 e. The molecule has 0 bridgehead atoms. The Balaban J connectivity index is 2.30. The summed E-state index contributed by atoms with van der Waals surface area (Å²) in [4.78, 5) is 23.3. The Bertz CT molecular complexity index is 397. The lowest BCUT2D eigenvalue weighted by Gasteiger charge is -2.43. The van der Waals surface area contributed by atoms with E-state index in [-0.39, 0.29) is 6.10 Å². The van der Waals surface area contributed by atoms with Crippen molar-refractivity contribution < 1.29 is 29.6 Å². The summed E-state index contributed by atoms with van der Waals surface area (Å²) in [5.41, 5.74) is -2.02. The van der Waals surface area contributed by atoms with Crippen LogP contribution in [-0.4, -0.2) is 45.1 Å². The monoisotopic (exact) mass is 314 g/mol. The molecule has 22 heavy (non-hydrogen) atoms. The normalized spacial score (nSPS) is 25.3. The van der Waals surface area contributed by atoms with Crippen molar-refractivity contribution in [1.29, 1.82) is 0 Å². The molecule has 2 atom stereocenters. The molecule has 6 nitrogen and oxygen atoms in total. The van der Waals surface area contributed by atoms with Gasteiger partial charge in [0.05, 0.1) is 6.10 Å². The van der Waals surface area contributed by atoms with E-state index in [1.807, 2.05) is 0 Å². The maximum Gasteiger partial charge on any atom is 0.339 e. The maximum atomic E-state index is 12.0. The van der Waals surface area contributed by atoms with Crippen LogP contribution in [0.15, 0.2) is 0 Å². The molecule has 2 fully saturated rings. The highest BCUT2D eigenvalue weighted by Gasteiger charge is 2.57. The van der Waals surface area contributed by atoms with Gasteiger partial charge >= 0.3 is 11.9 Å². The highest BCUT2D eigenvalue weighted by molar-refractivity contribution is 5.87. The van der Waals surface area contributed by atoms with Gasteiger partial charge in [0.25, 0.3) is 0 Å². The zero-order valence-electron chi connectivity index (χ0n) is 12.9. The molecule has 2 rings (SSSR count). The van der Waals surface area contributed by atoms with E-state index in [1.165, 1.54) is 0 Å². The van der Waals surface area contributed by atoms with Crippen molar-refractivity contribution in [2.45, 2.75) is 82.0 Å². The molecule has 2 unspecified atom stereocenters. The van der Waals surface area contributed by atoms with Gasteiger partial charge in [0.15, 0.2) is 6.10 Å². The molecule has 3 N–H and O–H groups in total. The van der Waals surface area contributed by atoms with Crippen LogP contribution >= 0.6 is 0 Å². The fourth-order valence-corrected chi connectivity index (χ4v) is 3.90. The van der Waals surface area contributed by atoms with Crippen LogP contribution in [0.3, 0.4) is 0 Å². The molecule has 0 amide bonds. The minimum absolute atomic E-state index is 0.277. The Morgan fingerprint density at radius 1 is 0.909 bits per heavy atom. The Morgan fingerprint density at radius 2 is 1.41 bits per heavy atom. The SMILES string of the molecule is O=C(O)C(O)C(OC1CCCCC1)(C(=O)O)C1CCCCC1. The van der Waals surface area contributed by atoms with Crippen LogP contribution in [0, 0.1) is 5.92 Å². The number of carbonyl (C=O) groups is 2. The zero-order valence-corrected chi connectivity index (χ0v) is 12.9. The third-order valence-corrected chi connectivity index (χ3v) is 5.10. The number of rotatable bonds is 6. The van der Waals surface area contributed by atoms with Crippen molar-refractivity contribution in [2.75, 3.05) is 0 Å². The summed E-state index contributed by atoms with van der Waals surface area (Å²) in [6.45, 7) is 0. The van der Waals surface area contributed by atoms with Crippen LogP contribution in [0.1, 0.15) is 64.2 Å². The van der Waals surface area contributed by atoms with Gasteiger partial charge in [-0.25, -0.2) is 9.59 Å². The second-order valence-electron chi connectivity index (χ2n) is 6.55. The summed E-state index contributed by atoms with van der Waals surface area (Å²) in [7, 11) is 0. The average Bonchev–Trinajstić information content (AvgIpc) is 2.53. The number of ether oxygens (including phenoxy) is 1. The quantitative estimate of drug-likeness (QED) is 0.694. The molecule has 126 valence electrons. The zero-order chi connectivity index (χ0) is 16.2.